The van der Waals surface area contributed by atoms with E-state index in [-0.39, 0.29) is 0 Å². The van der Waals surface area contributed by atoms with E-state index >= 15 is 0 Å². The molecule has 0 amide bonds. The number of nitrogens with one attached hydrogen (secondary N) is 2. The van der Waals surface area contributed by atoms with Gasteiger partial charge in [-0.2, -0.15) is 5.10 Å². The Bertz CT molecular complexity index is 1080. The molecule has 4 aromatic rings. The Morgan fingerprint density at radius 2 is 2.04 bits per heavy atom. The normalized spacial score (nSPS) is 12.7. The molecular weight excluding hydrogens is 356 g/mol. The zero-order valence-corrected chi connectivity index (χ0v) is 16.1. The number of anilines is 2. The number of hydrogen-bond acceptors (Lipinski definition) is 5. The summed E-state index contributed by atoms with van der Waals surface area (Å²) in [6, 6.07) is 14.2. The Kier molecular flexibility index (Phi) is 5.01. The molecule has 0 aliphatic rings. The zero-order chi connectivity index (χ0) is 18.8. The second-order valence-electron chi connectivity index (χ2n) is 7.04. The van der Waals surface area contributed by atoms with Crippen molar-refractivity contribution in [3.8, 4) is 0 Å². The maximum absolute atomic E-state index is 10.3. The summed E-state index contributed by atoms with van der Waals surface area (Å²) < 4.78 is 0. The third kappa shape index (κ3) is 4.07. The third-order valence-corrected chi connectivity index (χ3v) is 5.37. The molecular formula is C21H22N4OS. The van der Waals surface area contributed by atoms with Gasteiger partial charge in [0.05, 0.1) is 17.2 Å². The summed E-state index contributed by atoms with van der Waals surface area (Å²) in [6.45, 7) is 4.24. The number of rotatable bonds is 6. The van der Waals surface area contributed by atoms with Crippen LogP contribution in [-0.4, -0.2) is 25.7 Å². The molecule has 27 heavy (non-hydrogen) atoms. The molecule has 0 aliphatic heterocycles. The number of aromatic amines is 1. The highest BCUT2D eigenvalue weighted by Gasteiger charge is 2.11. The van der Waals surface area contributed by atoms with Crippen molar-refractivity contribution in [2.45, 2.75) is 30.6 Å². The first-order chi connectivity index (χ1) is 13.1. The summed E-state index contributed by atoms with van der Waals surface area (Å²) in [7, 11) is 0. The maximum atomic E-state index is 10.3. The second-order valence-corrected chi connectivity index (χ2v) is 8.29. The summed E-state index contributed by atoms with van der Waals surface area (Å²) in [5.74, 6) is 0.462. The first-order valence-electron chi connectivity index (χ1n) is 9.02. The first-order valence-corrected chi connectivity index (χ1v) is 9.90. The van der Waals surface area contributed by atoms with E-state index in [2.05, 4.69) is 40.4 Å². The lowest BCUT2D eigenvalue weighted by atomic mass is 10.1. The summed E-state index contributed by atoms with van der Waals surface area (Å²) in [5, 5.41) is 22.9. The molecule has 2 aromatic carbocycles. The van der Waals surface area contributed by atoms with Crippen LogP contribution in [0.5, 0.6) is 0 Å². The van der Waals surface area contributed by atoms with E-state index in [4.69, 9.17) is 0 Å². The van der Waals surface area contributed by atoms with Gasteiger partial charge in [0, 0.05) is 33.2 Å². The van der Waals surface area contributed by atoms with Crippen LogP contribution in [0.2, 0.25) is 0 Å². The average molecular weight is 379 g/mol. The van der Waals surface area contributed by atoms with E-state index < -0.39 is 5.44 Å². The minimum absolute atomic E-state index is 0.404. The highest BCUT2D eigenvalue weighted by molar-refractivity contribution is 7.99. The van der Waals surface area contributed by atoms with Crippen molar-refractivity contribution in [3.63, 3.8) is 0 Å². The molecule has 5 nitrogen and oxygen atoms in total. The molecule has 1 unspecified atom stereocenters. The van der Waals surface area contributed by atoms with Gasteiger partial charge < -0.3 is 10.4 Å². The Balaban J connectivity index is 1.64. The summed E-state index contributed by atoms with van der Waals surface area (Å²) in [4.78, 5) is 5.50. The van der Waals surface area contributed by atoms with Gasteiger partial charge >= 0.3 is 0 Å². The largest absolute Gasteiger partial charge is 0.382 e. The predicted molar refractivity (Wildman–Crippen MR) is 112 cm³/mol. The van der Waals surface area contributed by atoms with Crippen LogP contribution in [0.4, 0.5) is 11.4 Å². The standard InChI is InChI=1S/C21H22N4OS/c1-13(2)9-21(26)27-16-5-6-18-17(11-16)19(7-8-22-18)24-15-4-3-14-12-23-25-20(14)10-15/h3-8,10-13,21,26H,9H2,1-2H3,(H,22,24)(H,23,25). The van der Waals surface area contributed by atoms with Crippen LogP contribution in [0.3, 0.4) is 0 Å². The van der Waals surface area contributed by atoms with Gasteiger partial charge in [-0.25, -0.2) is 0 Å². The molecule has 4 rings (SSSR count). The Morgan fingerprint density at radius 1 is 1.15 bits per heavy atom. The maximum Gasteiger partial charge on any atom is 0.104 e. The molecule has 1 atom stereocenters. The van der Waals surface area contributed by atoms with Crippen LogP contribution in [-0.2, 0) is 0 Å². The number of fused-ring (bicyclic) bond motifs is 2. The number of hydrogen-bond donors (Lipinski definition) is 3. The van der Waals surface area contributed by atoms with Crippen molar-refractivity contribution in [2.75, 3.05) is 5.32 Å². The molecule has 0 fully saturated rings. The SMILES string of the molecule is CC(C)CC(O)Sc1ccc2nccc(Nc3ccc4cn[nH]c4c3)c2c1. The number of aliphatic hydroxyl groups excluding tert-OH is 1. The summed E-state index contributed by atoms with van der Waals surface area (Å²) >= 11 is 1.49. The zero-order valence-electron chi connectivity index (χ0n) is 15.3. The van der Waals surface area contributed by atoms with Gasteiger partial charge in [0.25, 0.3) is 0 Å². The van der Waals surface area contributed by atoms with Gasteiger partial charge in [-0.3, -0.25) is 10.1 Å². The van der Waals surface area contributed by atoms with E-state index in [9.17, 15) is 5.11 Å². The Morgan fingerprint density at radius 3 is 2.89 bits per heavy atom. The number of aliphatic hydroxyl groups is 1. The van der Waals surface area contributed by atoms with Gasteiger partial charge in [-0.1, -0.05) is 25.6 Å². The van der Waals surface area contributed by atoms with Crippen LogP contribution < -0.4 is 5.32 Å². The molecule has 2 aromatic heterocycles. The fraction of sp³-hybridized carbons (Fsp3) is 0.238. The van der Waals surface area contributed by atoms with E-state index in [1.165, 1.54) is 11.8 Å². The van der Waals surface area contributed by atoms with Gasteiger partial charge in [0.1, 0.15) is 5.44 Å². The monoisotopic (exact) mass is 378 g/mol. The topological polar surface area (TPSA) is 73.8 Å². The molecule has 0 saturated heterocycles. The lowest BCUT2D eigenvalue weighted by Crippen LogP contribution is -2.04. The Hall–Kier alpha value is -2.57. The second kappa shape index (κ2) is 7.58. The van der Waals surface area contributed by atoms with Crippen LogP contribution in [0, 0.1) is 5.92 Å². The lowest BCUT2D eigenvalue weighted by Gasteiger charge is -2.14. The third-order valence-electron chi connectivity index (χ3n) is 4.38. The van der Waals surface area contributed by atoms with Crippen molar-refractivity contribution in [3.05, 3.63) is 54.9 Å². The molecule has 6 heteroatoms. The van der Waals surface area contributed by atoms with Crippen molar-refractivity contribution < 1.29 is 5.11 Å². The van der Waals surface area contributed by atoms with E-state index in [0.717, 1.165) is 44.5 Å². The minimum atomic E-state index is -0.404. The number of benzene rings is 2. The quantitative estimate of drug-likeness (QED) is 0.313. The molecule has 2 heterocycles. The van der Waals surface area contributed by atoms with Crippen LogP contribution in [0.1, 0.15) is 20.3 Å². The minimum Gasteiger partial charge on any atom is -0.382 e. The van der Waals surface area contributed by atoms with Crippen molar-refractivity contribution >= 4 is 44.9 Å². The number of thioether (sulfide) groups is 1. The van der Waals surface area contributed by atoms with Gasteiger partial charge in [-0.05, 0) is 54.8 Å². The summed E-state index contributed by atoms with van der Waals surface area (Å²) in [5.41, 5.74) is 3.48. The molecule has 3 N–H and O–H groups in total. The van der Waals surface area contributed by atoms with Gasteiger partial charge in [0.2, 0.25) is 0 Å². The number of aromatic nitrogens is 3. The molecule has 0 spiro atoms. The molecule has 0 radical (unpaired) electrons. The summed E-state index contributed by atoms with van der Waals surface area (Å²) in [6.07, 6.45) is 4.39. The van der Waals surface area contributed by atoms with Crippen LogP contribution in [0.25, 0.3) is 21.8 Å². The molecule has 0 bridgehead atoms. The lowest BCUT2D eigenvalue weighted by molar-refractivity contribution is 0.233. The predicted octanol–water partition coefficient (Wildman–Crippen LogP) is 5.31. The smallest absolute Gasteiger partial charge is 0.104 e. The molecule has 0 saturated carbocycles. The van der Waals surface area contributed by atoms with Gasteiger partial charge in [0.15, 0.2) is 0 Å². The fourth-order valence-electron chi connectivity index (χ4n) is 3.09. The van der Waals surface area contributed by atoms with Crippen molar-refractivity contribution in [2.24, 2.45) is 5.92 Å². The fourth-order valence-corrected chi connectivity index (χ4v) is 4.21. The van der Waals surface area contributed by atoms with Gasteiger partial charge in [-0.15, -0.1) is 0 Å². The van der Waals surface area contributed by atoms with Crippen LogP contribution in [0.15, 0.2) is 59.8 Å². The van der Waals surface area contributed by atoms with E-state index in [1.807, 2.05) is 42.6 Å². The molecule has 138 valence electrons. The van der Waals surface area contributed by atoms with Crippen molar-refractivity contribution in [1.82, 2.24) is 15.2 Å². The first kappa shape index (κ1) is 17.8. The van der Waals surface area contributed by atoms with Crippen molar-refractivity contribution in [1.29, 1.82) is 0 Å². The van der Waals surface area contributed by atoms with E-state index in [1.54, 1.807) is 6.20 Å². The average Bonchev–Trinajstić information content (AvgIpc) is 3.09. The van der Waals surface area contributed by atoms with E-state index in [0.29, 0.717) is 5.92 Å². The number of nitrogens with zero attached hydrogens (tertiary/aromatic N) is 2. The number of pyridine rings is 1. The highest BCUT2D eigenvalue weighted by atomic mass is 32.2. The Labute approximate surface area is 162 Å². The highest BCUT2D eigenvalue weighted by Crippen LogP contribution is 2.32. The molecule has 0 aliphatic carbocycles. The number of H-pyrrole nitrogens is 1. The van der Waals surface area contributed by atoms with Crippen LogP contribution >= 0.6 is 11.8 Å².